The fourth-order valence-electron chi connectivity index (χ4n) is 2.12. The van der Waals surface area contributed by atoms with Crippen molar-refractivity contribution in [1.29, 1.82) is 0 Å². The third kappa shape index (κ3) is 6.32. The SMILES string of the molecule is C=C(C)C(=O)OCCOC(=O)Nc1ccc(Cc2ccc(N)cc2)cc1. The lowest BCUT2D eigenvalue weighted by molar-refractivity contribution is -0.139. The van der Waals surface area contributed by atoms with Gasteiger partial charge >= 0.3 is 12.1 Å². The number of esters is 1. The zero-order chi connectivity index (χ0) is 18.9. The quantitative estimate of drug-likeness (QED) is 0.343. The van der Waals surface area contributed by atoms with Crippen LogP contribution >= 0.6 is 0 Å². The molecular formula is C20H22N2O4. The van der Waals surface area contributed by atoms with E-state index in [-0.39, 0.29) is 13.2 Å². The van der Waals surface area contributed by atoms with E-state index in [9.17, 15) is 9.59 Å². The second kappa shape index (κ2) is 9.27. The molecule has 6 heteroatoms. The zero-order valence-electron chi connectivity index (χ0n) is 14.7. The number of nitrogens with one attached hydrogen (secondary N) is 1. The molecule has 26 heavy (non-hydrogen) atoms. The lowest BCUT2D eigenvalue weighted by atomic mass is 10.0. The van der Waals surface area contributed by atoms with Gasteiger partial charge in [0.15, 0.2) is 0 Å². The van der Waals surface area contributed by atoms with Crippen molar-refractivity contribution in [2.75, 3.05) is 24.3 Å². The van der Waals surface area contributed by atoms with Crippen molar-refractivity contribution in [3.05, 3.63) is 71.8 Å². The third-order valence-corrected chi connectivity index (χ3v) is 3.49. The summed E-state index contributed by atoms with van der Waals surface area (Å²) in [6, 6.07) is 15.2. The maximum atomic E-state index is 11.7. The number of hydrogen-bond donors (Lipinski definition) is 2. The van der Waals surface area contributed by atoms with Gasteiger partial charge in [-0.15, -0.1) is 0 Å². The van der Waals surface area contributed by atoms with Gasteiger partial charge in [0.2, 0.25) is 0 Å². The Kier molecular flexibility index (Phi) is 6.79. The van der Waals surface area contributed by atoms with E-state index in [1.807, 2.05) is 36.4 Å². The predicted molar refractivity (Wildman–Crippen MR) is 101 cm³/mol. The first-order chi connectivity index (χ1) is 12.4. The average Bonchev–Trinajstić information content (AvgIpc) is 2.62. The van der Waals surface area contributed by atoms with Gasteiger partial charge < -0.3 is 15.2 Å². The normalized spacial score (nSPS) is 10.0. The molecule has 6 nitrogen and oxygen atoms in total. The van der Waals surface area contributed by atoms with Crippen LogP contribution in [-0.4, -0.2) is 25.3 Å². The molecule has 0 heterocycles. The van der Waals surface area contributed by atoms with Crippen LogP contribution in [0.1, 0.15) is 18.1 Å². The number of rotatable bonds is 7. The summed E-state index contributed by atoms with van der Waals surface area (Å²) in [5.74, 6) is -0.509. The molecule has 0 aliphatic carbocycles. The highest BCUT2D eigenvalue weighted by Gasteiger charge is 2.06. The van der Waals surface area contributed by atoms with E-state index in [0.29, 0.717) is 11.3 Å². The molecule has 0 radical (unpaired) electrons. The van der Waals surface area contributed by atoms with Crippen molar-refractivity contribution in [3.8, 4) is 0 Å². The molecule has 0 spiro atoms. The molecular weight excluding hydrogens is 332 g/mol. The van der Waals surface area contributed by atoms with E-state index in [4.69, 9.17) is 15.2 Å². The van der Waals surface area contributed by atoms with Crippen molar-refractivity contribution in [3.63, 3.8) is 0 Å². The molecule has 0 aliphatic heterocycles. The summed E-state index contributed by atoms with van der Waals surface area (Å²) < 4.78 is 9.78. The standard InChI is InChI=1S/C20H22N2O4/c1-14(2)19(23)25-11-12-26-20(24)22-18-9-5-16(6-10-18)13-15-3-7-17(21)8-4-15/h3-10H,1,11-13,21H2,2H3,(H,22,24). The summed E-state index contributed by atoms with van der Waals surface area (Å²) in [7, 11) is 0. The maximum absolute atomic E-state index is 11.7. The van der Waals surface area contributed by atoms with Crippen LogP contribution < -0.4 is 11.1 Å². The fourth-order valence-corrected chi connectivity index (χ4v) is 2.12. The largest absolute Gasteiger partial charge is 0.459 e. The number of anilines is 2. The molecule has 0 saturated carbocycles. The number of nitrogen functional groups attached to an aromatic ring is 1. The average molecular weight is 354 g/mol. The van der Waals surface area contributed by atoms with Crippen molar-refractivity contribution < 1.29 is 19.1 Å². The molecule has 136 valence electrons. The highest BCUT2D eigenvalue weighted by molar-refractivity contribution is 5.87. The Labute approximate surface area is 152 Å². The van der Waals surface area contributed by atoms with Gasteiger partial charge in [-0.3, -0.25) is 5.32 Å². The molecule has 0 saturated heterocycles. The Bertz CT molecular complexity index is 767. The van der Waals surface area contributed by atoms with Crippen LogP contribution in [0, 0.1) is 0 Å². The minimum absolute atomic E-state index is 0.0142. The molecule has 2 aromatic rings. The smallest absolute Gasteiger partial charge is 0.411 e. The molecule has 1 amide bonds. The number of hydrogen-bond acceptors (Lipinski definition) is 5. The summed E-state index contributed by atoms with van der Waals surface area (Å²) in [5, 5.41) is 2.62. The van der Waals surface area contributed by atoms with Gasteiger partial charge in [-0.05, 0) is 48.7 Å². The van der Waals surface area contributed by atoms with Crippen molar-refractivity contribution in [1.82, 2.24) is 0 Å². The van der Waals surface area contributed by atoms with Crippen LogP contribution in [0.3, 0.4) is 0 Å². The Morgan fingerprint density at radius 1 is 0.962 bits per heavy atom. The first kappa shape index (κ1) is 19.1. The molecule has 0 atom stereocenters. The van der Waals surface area contributed by atoms with E-state index in [1.54, 1.807) is 19.1 Å². The van der Waals surface area contributed by atoms with Crippen molar-refractivity contribution >= 4 is 23.4 Å². The summed E-state index contributed by atoms with van der Waals surface area (Å²) in [6.07, 6.45) is 0.168. The number of carbonyl (C=O) groups excluding carboxylic acids is 2. The first-order valence-electron chi connectivity index (χ1n) is 8.14. The van der Waals surface area contributed by atoms with Gasteiger partial charge in [0.1, 0.15) is 13.2 Å². The van der Waals surface area contributed by atoms with Crippen molar-refractivity contribution in [2.45, 2.75) is 13.3 Å². The minimum atomic E-state index is -0.609. The number of nitrogens with two attached hydrogens (primary N) is 1. The summed E-state index contributed by atoms with van der Waals surface area (Å²) >= 11 is 0. The van der Waals surface area contributed by atoms with E-state index < -0.39 is 12.1 Å². The Morgan fingerprint density at radius 2 is 1.50 bits per heavy atom. The van der Waals surface area contributed by atoms with Gasteiger partial charge in [0, 0.05) is 16.9 Å². The lowest BCUT2D eigenvalue weighted by Gasteiger charge is -2.09. The molecule has 2 rings (SSSR count). The predicted octanol–water partition coefficient (Wildman–Crippen LogP) is 3.53. The molecule has 0 aliphatic rings. The zero-order valence-corrected chi connectivity index (χ0v) is 14.7. The van der Waals surface area contributed by atoms with Gasteiger partial charge in [-0.1, -0.05) is 30.8 Å². The molecule has 3 N–H and O–H groups in total. The fraction of sp³-hybridized carbons (Fsp3) is 0.200. The van der Waals surface area contributed by atoms with Crippen LogP contribution in [0.25, 0.3) is 0 Å². The highest BCUT2D eigenvalue weighted by Crippen LogP contribution is 2.15. The molecule has 2 aromatic carbocycles. The van der Waals surface area contributed by atoms with Crippen LogP contribution in [0.2, 0.25) is 0 Å². The first-order valence-corrected chi connectivity index (χ1v) is 8.14. The highest BCUT2D eigenvalue weighted by atomic mass is 16.6. The van der Waals surface area contributed by atoms with E-state index in [1.165, 1.54) is 0 Å². The number of carbonyl (C=O) groups is 2. The van der Waals surface area contributed by atoms with Crippen molar-refractivity contribution in [2.24, 2.45) is 0 Å². The second-order valence-corrected chi connectivity index (χ2v) is 5.79. The van der Waals surface area contributed by atoms with Gasteiger partial charge in [0.25, 0.3) is 0 Å². The summed E-state index contributed by atoms with van der Waals surface area (Å²) in [6.45, 7) is 4.97. The number of amides is 1. The maximum Gasteiger partial charge on any atom is 0.411 e. The van der Waals surface area contributed by atoms with E-state index in [0.717, 1.165) is 23.2 Å². The van der Waals surface area contributed by atoms with Crippen LogP contribution in [0.15, 0.2) is 60.7 Å². The number of ether oxygens (including phenoxy) is 2. The minimum Gasteiger partial charge on any atom is -0.459 e. The Hall–Kier alpha value is -3.28. The third-order valence-electron chi connectivity index (χ3n) is 3.49. The van der Waals surface area contributed by atoms with Gasteiger partial charge in [-0.2, -0.15) is 0 Å². The number of benzene rings is 2. The summed E-state index contributed by atoms with van der Waals surface area (Å²) in [5.41, 5.74) is 9.60. The van der Waals surface area contributed by atoms with E-state index in [2.05, 4.69) is 11.9 Å². The van der Waals surface area contributed by atoms with Crippen LogP contribution in [0.5, 0.6) is 0 Å². The Balaban J connectivity index is 1.75. The molecule has 0 aromatic heterocycles. The van der Waals surface area contributed by atoms with Crippen LogP contribution in [0.4, 0.5) is 16.2 Å². The van der Waals surface area contributed by atoms with E-state index >= 15 is 0 Å². The lowest BCUT2D eigenvalue weighted by Crippen LogP contribution is -2.18. The molecule has 0 bridgehead atoms. The second-order valence-electron chi connectivity index (χ2n) is 5.79. The summed E-state index contributed by atoms with van der Waals surface area (Å²) in [4.78, 5) is 22.9. The monoisotopic (exact) mass is 354 g/mol. The Morgan fingerprint density at radius 3 is 2.08 bits per heavy atom. The molecule has 0 unspecified atom stereocenters. The molecule has 0 fully saturated rings. The topological polar surface area (TPSA) is 90.6 Å². The van der Waals surface area contributed by atoms with Gasteiger partial charge in [0.05, 0.1) is 0 Å². The van der Waals surface area contributed by atoms with Gasteiger partial charge in [-0.25, -0.2) is 9.59 Å². The van der Waals surface area contributed by atoms with Crippen LogP contribution in [-0.2, 0) is 20.7 Å².